The summed E-state index contributed by atoms with van der Waals surface area (Å²) < 4.78 is 0. The van der Waals surface area contributed by atoms with Crippen molar-refractivity contribution in [1.82, 2.24) is 10.3 Å². The molecule has 7 heteroatoms. The van der Waals surface area contributed by atoms with Crippen molar-refractivity contribution in [2.75, 3.05) is 11.5 Å². The normalized spacial score (nSPS) is 20.9. The van der Waals surface area contributed by atoms with Crippen LogP contribution in [0.1, 0.15) is 16.9 Å². The number of benzene rings is 1. The first-order valence-electron chi connectivity index (χ1n) is 6.78. The first-order chi connectivity index (χ1) is 10.5. The van der Waals surface area contributed by atoms with E-state index in [1.165, 1.54) is 11.8 Å². The van der Waals surface area contributed by atoms with Crippen LogP contribution in [0.25, 0.3) is 10.8 Å². The Bertz CT molecular complexity index is 809. The molecule has 0 spiro atoms. The molecule has 1 amide bonds. The number of fused-ring (bicyclic) bond motifs is 1. The number of thioether (sulfide) groups is 1. The number of carbonyl (C=O) groups excluding carboxylic acids is 1. The lowest BCUT2D eigenvalue weighted by atomic mass is 9.99. The van der Waals surface area contributed by atoms with Crippen LogP contribution in [-0.4, -0.2) is 39.0 Å². The van der Waals surface area contributed by atoms with E-state index >= 15 is 0 Å². The number of carboxylic acid groups (broad SMARTS) is 1. The molecule has 0 aliphatic carbocycles. The summed E-state index contributed by atoms with van der Waals surface area (Å²) in [6, 6.07) is 8.48. The van der Waals surface area contributed by atoms with Crippen LogP contribution < -0.4 is 10.9 Å². The Balaban J connectivity index is 1.95. The Kier molecular flexibility index (Phi) is 3.66. The van der Waals surface area contributed by atoms with Gasteiger partial charge in [0.1, 0.15) is 11.2 Å². The lowest BCUT2D eigenvalue weighted by Gasteiger charge is -2.24. The molecule has 0 radical (unpaired) electrons. The van der Waals surface area contributed by atoms with Crippen LogP contribution in [0.5, 0.6) is 0 Å². The molecule has 2 heterocycles. The minimum absolute atomic E-state index is 0.0706. The van der Waals surface area contributed by atoms with Gasteiger partial charge in [-0.3, -0.25) is 9.59 Å². The van der Waals surface area contributed by atoms with Crippen molar-refractivity contribution in [3.8, 4) is 0 Å². The van der Waals surface area contributed by atoms with Crippen molar-refractivity contribution in [3.05, 3.63) is 46.4 Å². The fourth-order valence-corrected chi connectivity index (χ4v) is 3.83. The molecule has 1 atom stereocenters. The first kappa shape index (κ1) is 14.6. The summed E-state index contributed by atoms with van der Waals surface area (Å²) in [5, 5.41) is 13.1. The fraction of sp³-hybridized carbons (Fsp3) is 0.267. The van der Waals surface area contributed by atoms with Crippen LogP contribution in [0.2, 0.25) is 0 Å². The standard InChI is InChI=1S/C15H14N2O4S/c18-12-10-4-2-1-3-9(10)7-11(16-12)13(19)17-15(14(20)21)5-6-22-8-15/h1-4,7H,5-6,8H2,(H,16,18)(H,17,19)(H,20,21)/t15-/m1/s1. The summed E-state index contributed by atoms with van der Waals surface area (Å²) in [5.74, 6) is -0.617. The molecule has 1 saturated heterocycles. The highest BCUT2D eigenvalue weighted by atomic mass is 32.2. The van der Waals surface area contributed by atoms with E-state index in [4.69, 9.17) is 0 Å². The Labute approximate surface area is 129 Å². The topological polar surface area (TPSA) is 99.3 Å². The predicted octanol–water partition coefficient (Wildman–Crippen LogP) is 1.22. The van der Waals surface area contributed by atoms with Crippen molar-refractivity contribution in [3.63, 3.8) is 0 Å². The van der Waals surface area contributed by atoms with Crippen LogP contribution in [0.4, 0.5) is 0 Å². The van der Waals surface area contributed by atoms with E-state index in [1.54, 1.807) is 30.3 Å². The summed E-state index contributed by atoms with van der Waals surface area (Å²) in [6.45, 7) is 0. The van der Waals surface area contributed by atoms with Gasteiger partial charge in [-0.05, 0) is 29.7 Å². The lowest BCUT2D eigenvalue weighted by molar-refractivity contribution is -0.143. The number of aliphatic carboxylic acids is 1. The average Bonchev–Trinajstić information content (AvgIpc) is 2.97. The van der Waals surface area contributed by atoms with Gasteiger partial charge in [0, 0.05) is 11.1 Å². The molecule has 2 aromatic rings. The van der Waals surface area contributed by atoms with E-state index in [-0.39, 0.29) is 11.3 Å². The molecule has 3 rings (SSSR count). The third-order valence-electron chi connectivity index (χ3n) is 3.78. The number of hydrogen-bond donors (Lipinski definition) is 3. The SMILES string of the molecule is O=C(N[C@]1(C(=O)O)CCSC1)c1cc2ccccc2c(=O)[nH]1. The van der Waals surface area contributed by atoms with E-state index in [9.17, 15) is 19.5 Å². The van der Waals surface area contributed by atoms with E-state index in [0.717, 1.165) is 0 Å². The zero-order chi connectivity index (χ0) is 15.7. The summed E-state index contributed by atoms with van der Waals surface area (Å²) in [4.78, 5) is 38.3. The zero-order valence-electron chi connectivity index (χ0n) is 11.6. The Morgan fingerprint density at radius 1 is 1.32 bits per heavy atom. The number of rotatable bonds is 3. The van der Waals surface area contributed by atoms with E-state index in [1.807, 2.05) is 0 Å². The van der Waals surface area contributed by atoms with Crippen LogP contribution in [0.3, 0.4) is 0 Å². The highest BCUT2D eigenvalue weighted by molar-refractivity contribution is 7.99. The van der Waals surface area contributed by atoms with Gasteiger partial charge in [0.25, 0.3) is 11.5 Å². The van der Waals surface area contributed by atoms with Crippen molar-refractivity contribution in [1.29, 1.82) is 0 Å². The van der Waals surface area contributed by atoms with Crippen molar-refractivity contribution >= 4 is 34.4 Å². The summed E-state index contributed by atoms with van der Waals surface area (Å²) >= 11 is 1.48. The van der Waals surface area contributed by atoms with Crippen LogP contribution >= 0.6 is 11.8 Å². The van der Waals surface area contributed by atoms with E-state index in [2.05, 4.69) is 10.3 Å². The van der Waals surface area contributed by atoms with Gasteiger partial charge in [-0.2, -0.15) is 11.8 Å². The maximum absolute atomic E-state index is 12.4. The first-order valence-corrected chi connectivity index (χ1v) is 7.93. The Hall–Kier alpha value is -2.28. The number of amides is 1. The summed E-state index contributed by atoms with van der Waals surface area (Å²) in [6.07, 6.45) is 0.372. The molecule has 1 aliphatic heterocycles. The van der Waals surface area contributed by atoms with Crippen LogP contribution in [-0.2, 0) is 4.79 Å². The molecule has 6 nitrogen and oxygen atoms in total. The number of hydrogen-bond acceptors (Lipinski definition) is 4. The molecular formula is C15H14N2O4S. The van der Waals surface area contributed by atoms with Crippen LogP contribution in [0.15, 0.2) is 35.1 Å². The second kappa shape index (κ2) is 5.49. The smallest absolute Gasteiger partial charge is 0.330 e. The van der Waals surface area contributed by atoms with Gasteiger partial charge in [-0.1, -0.05) is 18.2 Å². The summed E-state index contributed by atoms with van der Waals surface area (Å²) in [7, 11) is 0. The molecule has 0 saturated carbocycles. The van der Waals surface area contributed by atoms with Gasteiger partial charge in [0.05, 0.1) is 0 Å². The molecule has 1 fully saturated rings. The maximum Gasteiger partial charge on any atom is 0.330 e. The van der Waals surface area contributed by atoms with Gasteiger partial charge < -0.3 is 15.4 Å². The molecule has 1 aliphatic rings. The zero-order valence-corrected chi connectivity index (χ0v) is 12.4. The number of carbonyl (C=O) groups is 2. The fourth-order valence-electron chi connectivity index (χ4n) is 2.50. The Morgan fingerprint density at radius 3 is 2.77 bits per heavy atom. The predicted molar refractivity (Wildman–Crippen MR) is 84.3 cm³/mol. The highest BCUT2D eigenvalue weighted by Gasteiger charge is 2.43. The molecule has 114 valence electrons. The number of pyridine rings is 1. The molecule has 22 heavy (non-hydrogen) atoms. The number of aromatic amines is 1. The second-order valence-electron chi connectivity index (χ2n) is 5.24. The average molecular weight is 318 g/mol. The number of nitrogens with one attached hydrogen (secondary N) is 2. The second-order valence-corrected chi connectivity index (χ2v) is 6.35. The van der Waals surface area contributed by atoms with Gasteiger partial charge in [0.15, 0.2) is 0 Å². The molecule has 1 aromatic heterocycles. The number of H-pyrrole nitrogens is 1. The third kappa shape index (κ3) is 2.48. The van der Waals surface area contributed by atoms with Crippen LogP contribution in [0, 0.1) is 0 Å². The minimum atomic E-state index is -1.26. The molecular weight excluding hydrogens is 304 g/mol. The van der Waals surface area contributed by atoms with Crippen molar-refractivity contribution in [2.24, 2.45) is 0 Å². The number of carboxylic acids is 1. The van der Waals surface area contributed by atoms with Gasteiger partial charge in [-0.15, -0.1) is 0 Å². The van der Waals surface area contributed by atoms with Gasteiger partial charge in [0.2, 0.25) is 0 Å². The minimum Gasteiger partial charge on any atom is -0.479 e. The van der Waals surface area contributed by atoms with E-state index < -0.39 is 17.4 Å². The van der Waals surface area contributed by atoms with E-state index in [0.29, 0.717) is 28.7 Å². The van der Waals surface area contributed by atoms with Crippen molar-refractivity contribution < 1.29 is 14.7 Å². The lowest BCUT2D eigenvalue weighted by Crippen LogP contribution is -2.55. The summed E-state index contributed by atoms with van der Waals surface area (Å²) in [5.41, 5.74) is -1.56. The monoisotopic (exact) mass is 318 g/mol. The third-order valence-corrected chi connectivity index (χ3v) is 4.97. The quantitative estimate of drug-likeness (QED) is 0.790. The maximum atomic E-state index is 12.4. The molecule has 1 aromatic carbocycles. The largest absolute Gasteiger partial charge is 0.479 e. The number of aromatic nitrogens is 1. The van der Waals surface area contributed by atoms with Crippen molar-refractivity contribution in [2.45, 2.75) is 12.0 Å². The molecule has 0 bridgehead atoms. The Morgan fingerprint density at radius 2 is 2.09 bits per heavy atom. The van der Waals surface area contributed by atoms with Gasteiger partial charge >= 0.3 is 5.97 Å². The van der Waals surface area contributed by atoms with Gasteiger partial charge in [-0.25, -0.2) is 4.79 Å². The molecule has 3 N–H and O–H groups in total. The highest BCUT2D eigenvalue weighted by Crippen LogP contribution is 2.28. The molecule has 0 unspecified atom stereocenters.